The zero-order valence-corrected chi connectivity index (χ0v) is 9.55. The number of hydrogen-bond donors (Lipinski definition) is 0. The topological polar surface area (TPSA) is 63.7 Å². The van der Waals surface area contributed by atoms with E-state index >= 15 is 0 Å². The van der Waals surface area contributed by atoms with Gasteiger partial charge in [-0.2, -0.15) is 4.31 Å². The van der Waals surface area contributed by atoms with E-state index in [0.717, 1.165) is 0 Å². The average Bonchev–Trinajstić information content (AvgIpc) is 2.35. The minimum atomic E-state index is -3.37. The minimum absolute atomic E-state index is 0.160. The van der Waals surface area contributed by atoms with Crippen molar-refractivity contribution < 1.29 is 17.9 Å². The van der Waals surface area contributed by atoms with Gasteiger partial charge in [-0.25, -0.2) is 8.42 Å². The average molecular weight is 233 g/mol. The normalized spacial score (nSPS) is 29.8. The molecule has 2 fully saturated rings. The van der Waals surface area contributed by atoms with Crippen LogP contribution in [0.15, 0.2) is 0 Å². The maximum absolute atomic E-state index is 11.9. The van der Waals surface area contributed by atoms with E-state index in [0.29, 0.717) is 32.6 Å². The fourth-order valence-corrected chi connectivity index (χ4v) is 4.49. The van der Waals surface area contributed by atoms with Crippen LogP contribution in [-0.2, 0) is 19.6 Å². The number of hydrogen-bond acceptors (Lipinski definition) is 4. The summed E-state index contributed by atoms with van der Waals surface area (Å²) in [5.74, 6) is -0.492. The van der Waals surface area contributed by atoms with Gasteiger partial charge >= 0.3 is 0 Å². The highest BCUT2D eigenvalue weighted by Crippen LogP contribution is 2.36. The van der Waals surface area contributed by atoms with Crippen LogP contribution in [0.3, 0.4) is 0 Å². The zero-order chi connectivity index (χ0) is 11.1. The molecule has 0 N–H and O–H groups in total. The number of likely N-dealkylation sites (N-methyl/N-ethyl adjacent to an activating group) is 1. The highest BCUT2D eigenvalue weighted by molar-refractivity contribution is 7.90. The van der Waals surface area contributed by atoms with Crippen LogP contribution in [0, 0.1) is 0 Å². The maximum Gasteiger partial charge on any atom is 0.222 e. The number of Topliss-reactive ketones (excluding diaryl/α,β-unsaturated/α-hetero) is 1. The number of ether oxygens (including phenoxy) is 1. The molecular weight excluding hydrogens is 218 g/mol. The quantitative estimate of drug-likeness (QED) is 0.627. The Hall–Kier alpha value is -0.460. The van der Waals surface area contributed by atoms with Crippen LogP contribution in [0.5, 0.6) is 0 Å². The summed E-state index contributed by atoms with van der Waals surface area (Å²) in [6, 6.07) is 0. The van der Waals surface area contributed by atoms with Crippen LogP contribution in [-0.4, -0.2) is 49.6 Å². The molecule has 0 aromatic heterocycles. The van der Waals surface area contributed by atoms with Gasteiger partial charge in [-0.1, -0.05) is 6.92 Å². The summed E-state index contributed by atoms with van der Waals surface area (Å²) in [6.07, 6.45) is 0.998. The van der Waals surface area contributed by atoms with Gasteiger partial charge in [0.2, 0.25) is 10.0 Å². The Bertz CT molecular complexity index is 370. The van der Waals surface area contributed by atoms with E-state index in [9.17, 15) is 13.2 Å². The van der Waals surface area contributed by atoms with Crippen molar-refractivity contribution in [1.82, 2.24) is 4.31 Å². The summed E-state index contributed by atoms with van der Waals surface area (Å²) in [5, 5.41) is 0. The Morgan fingerprint density at radius 1 is 1.40 bits per heavy atom. The van der Waals surface area contributed by atoms with Crippen molar-refractivity contribution in [1.29, 1.82) is 0 Å². The van der Waals surface area contributed by atoms with E-state index in [2.05, 4.69) is 0 Å². The lowest BCUT2D eigenvalue weighted by molar-refractivity contribution is -0.128. The largest absolute Gasteiger partial charge is 0.381 e. The van der Waals surface area contributed by atoms with Crippen molar-refractivity contribution in [2.45, 2.75) is 25.3 Å². The van der Waals surface area contributed by atoms with Crippen LogP contribution < -0.4 is 0 Å². The lowest BCUT2D eigenvalue weighted by atomic mass is 9.86. The molecule has 0 saturated carbocycles. The molecule has 0 aromatic rings. The zero-order valence-electron chi connectivity index (χ0n) is 8.73. The van der Waals surface area contributed by atoms with E-state index in [-0.39, 0.29) is 11.5 Å². The van der Waals surface area contributed by atoms with Crippen LogP contribution >= 0.6 is 0 Å². The molecule has 0 amide bonds. The molecule has 2 heterocycles. The Kier molecular flexibility index (Phi) is 2.60. The third-order valence-corrected chi connectivity index (χ3v) is 5.16. The number of ketones is 1. The van der Waals surface area contributed by atoms with Crippen LogP contribution in [0.4, 0.5) is 0 Å². The van der Waals surface area contributed by atoms with E-state index in [1.54, 1.807) is 6.92 Å². The lowest BCUT2D eigenvalue weighted by Gasteiger charge is -2.37. The lowest BCUT2D eigenvalue weighted by Crippen LogP contribution is -2.52. The molecule has 2 aliphatic heterocycles. The SMILES string of the molecule is CCN1C2(CCOCC2)C(=O)CS1(=O)=O. The van der Waals surface area contributed by atoms with Gasteiger partial charge in [0.05, 0.1) is 5.54 Å². The summed E-state index contributed by atoms with van der Waals surface area (Å²) in [6.45, 7) is 3.08. The highest BCUT2D eigenvalue weighted by Gasteiger charge is 2.55. The summed E-state index contributed by atoms with van der Waals surface area (Å²) in [7, 11) is -3.37. The Labute approximate surface area is 89.4 Å². The standard InChI is InChI=1S/C9H15NO4S/c1-2-10-9(3-5-14-6-4-9)8(11)7-15(10,12)13/h2-7H2,1H3. The monoisotopic (exact) mass is 233 g/mol. The van der Waals surface area contributed by atoms with Crippen LogP contribution in [0.2, 0.25) is 0 Å². The third kappa shape index (κ3) is 1.51. The molecule has 1 spiro atoms. The first kappa shape index (κ1) is 11.0. The van der Waals surface area contributed by atoms with Gasteiger partial charge in [-0.15, -0.1) is 0 Å². The molecule has 0 atom stereocenters. The van der Waals surface area contributed by atoms with E-state index < -0.39 is 15.6 Å². The van der Waals surface area contributed by atoms with Crippen molar-refractivity contribution in [2.75, 3.05) is 25.5 Å². The first-order valence-corrected chi connectivity index (χ1v) is 6.75. The molecule has 6 heteroatoms. The molecule has 0 bridgehead atoms. The van der Waals surface area contributed by atoms with Crippen molar-refractivity contribution in [3.8, 4) is 0 Å². The summed E-state index contributed by atoms with van der Waals surface area (Å²) in [5.41, 5.74) is -0.786. The van der Waals surface area contributed by atoms with Crippen molar-refractivity contribution in [3.63, 3.8) is 0 Å². The third-order valence-electron chi connectivity index (χ3n) is 3.25. The summed E-state index contributed by atoms with van der Waals surface area (Å²) < 4.78 is 30.0. The molecule has 0 aromatic carbocycles. The first-order valence-electron chi connectivity index (χ1n) is 5.14. The van der Waals surface area contributed by atoms with Crippen LogP contribution in [0.25, 0.3) is 0 Å². The highest BCUT2D eigenvalue weighted by atomic mass is 32.2. The maximum atomic E-state index is 11.9. The smallest absolute Gasteiger partial charge is 0.222 e. The van der Waals surface area contributed by atoms with E-state index in [4.69, 9.17) is 4.74 Å². The molecule has 15 heavy (non-hydrogen) atoms. The fraction of sp³-hybridized carbons (Fsp3) is 0.889. The van der Waals surface area contributed by atoms with Gasteiger partial charge in [-0.3, -0.25) is 4.79 Å². The molecule has 0 radical (unpaired) electrons. The van der Waals surface area contributed by atoms with Gasteiger partial charge in [0.1, 0.15) is 5.75 Å². The number of carbonyl (C=O) groups is 1. The van der Waals surface area contributed by atoms with Gasteiger partial charge < -0.3 is 4.74 Å². The summed E-state index contributed by atoms with van der Waals surface area (Å²) >= 11 is 0. The molecule has 2 rings (SSSR count). The Morgan fingerprint density at radius 2 is 2.00 bits per heavy atom. The van der Waals surface area contributed by atoms with Crippen molar-refractivity contribution in [2.24, 2.45) is 0 Å². The fourth-order valence-electron chi connectivity index (χ4n) is 2.52. The van der Waals surface area contributed by atoms with Crippen LogP contribution in [0.1, 0.15) is 19.8 Å². The Morgan fingerprint density at radius 3 is 2.53 bits per heavy atom. The molecular formula is C9H15NO4S. The molecule has 86 valence electrons. The van der Waals surface area contributed by atoms with E-state index in [1.807, 2.05) is 0 Å². The predicted molar refractivity (Wildman–Crippen MR) is 54.0 cm³/mol. The van der Waals surface area contributed by atoms with Gasteiger partial charge in [-0.05, 0) is 12.8 Å². The Balaban J connectivity index is 2.41. The first-order chi connectivity index (χ1) is 7.03. The molecule has 2 saturated heterocycles. The molecule has 0 aliphatic carbocycles. The molecule has 5 nitrogen and oxygen atoms in total. The van der Waals surface area contributed by atoms with Crippen molar-refractivity contribution >= 4 is 15.8 Å². The number of rotatable bonds is 1. The number of carbonyl (C=O) groups excluding carboxylic acids is 1. The molecule has 2 aliphatic rings. The van der Waals surface area contributed by atoms with Crippen molar-refractivity contribution in [3.05, 3.63) is 0 Å². The predicted octanol–water partition coefficient (Wildman–Crippen LogP) is -0.230. The second-order valence-electron chi connectivity index (χ2n) is 3.99. The number of sulfonamides is 1. The second kappa shape index (κ2) is 3.54. The summed E-state index contributed by atoms with van der Waals surface area (Å²) in [4.78, 5) is 11.9. The van der Waals surface area contributed by atoms with E-state index in [1.165, 1.54) is 4.31 Å². The minimum Gasteiger partial charge on any atom is -0.381 e. The number of nitrogens with zero attached hydrogens (tertiary/aromatic N) is 1. The van der Waals surface area contributed by atoms with Gasteiger partial charge in [0, 0.05) is 19.8 Å². The second-order valence-corrected chi connectivity index (χ2v) is 5.88. The van der Waals surface area contributed by atoms with Gasteiger partial charge in [0.25, 0.3) is 0 Å². The van der Waals surface area contributed by atoms with Gasteiger partial charge in [0.15, 0.2) is 5.78 Å². The molecule has 0 unspecified atom stereocenters.